The van der Waals surface area contributed by atoms with Crippen molar-refractivity contribution in [3.05, 3.63) is 53.6 Å². The molecular formula is C27H32N6O9. The van der Waals surface area contributed by atoms with Gasteiger partial charge in [-0.1, -0.05) is 28.1 Å². The molecule has 0 radical (unpaired) electrons. The molecule has 1 aliphatic heterocycles. The van der Waals surface area contributed by atoms with Gasteiger partial charge >= 0.3 is 23.9 Å². The van der Waals surface area contributed by atoms with Gasteiger partial charge in [0.2, 0.25) is 0 Å². The molecule has 1 aromatic carbocycles. The van der Waals surface area contributed by atoms with Gasteiger partial charge in [-0.25, -0.2) is 9.36 Å². The summed E-state index contributed by atoms with van der Waals surface area (Å²) in [7, 11) is 0. The van der Waals surface area contributed by atoms with Crippen molar-refractivity contribution in [1.82, 2.24) is 30.0 Å². The number of rotatable bonds is 10. The van der Waals surface area contributed by atoms with Crippen LogP contribution in [0.2, 0.25) is 0 Å². The Morgan fingerprint density at radius 1 is 0.833 bits per heavy atom. The number of aryl methyl sites for hydroxylation is 3. The molecule has 3 heterocycles. The first-order valence-corrected chi connectivity index (χ1v) is 13.2. The second kappa shape index (κ2) is 13.3. The van der Waals surface area contributed by atoms with Crippen molar-refractivity contribution in [2.45, 2.75) is 78.1 Å². The van der Waals surface area contributed by atoms with Gasteiger partial charge in [0.25, 0.3) is 0 Å². The normalized spacial score (nSPS) is 21.8. The Bertz CT molecular complexity index is 1420. The summed E-state index contributed by atoms with van der Waals surface area (Å²) < 4.78 is 30.7. The van der Waals surface area contributed by atoms with Gasteiger partial charge in [-0.2, -0.15) is 0 Å². The maximum atomic E-state index is 12.1. The third kappa shape index (κ3) is 7.54. The summed E-state index contributed by atoms with van der Waals surface area (Å²) in [5, 5.41) is 16.6. The van der Waals surface area contributed by atoms with Crippen LogP contribution in [0.3, 0.4) is 0 Å². The summed E-state index contributed by atoms with van der Waals surface area (Å²) in [4.78, 5) is 47.7. The predicted octanol–water partition coefficient (Wildman–Crippen LogP) is 1.21. The van der Waals surface area contributed by atoms with Crippen LogP contribution < -0.4 is 0 Å². The van der Waals surface area contributed by atoms with E-state index >= 15 is 0 Å². The van der Waals surface area contributed by atoms with E-state index in [4.69, 9.17) is 23.7 Å². The number of benzene rings is 1. The Balaban J connectivity index is 1.60. The quantitative estimate of drug-likeness (QED) is 0.246. The molecule has 1 saturated heterocycles. The third-order valence-electron chi connectivity index (χ3n) is 6.32. The Morgan fingerprint density at radius 3 is 2.12 bits per heavy atom. The van der Waals surface area contributed by atoms with Crippen LogP contribution in [0.4, 0.5) is 0 Å². The maximum Gasteiger partial charge on any atom is 0.303 e. The van der Waals surface area contributed by atoms with Crippen molar-refractivity contribution in [2.24, 2.45) is 0 Å². The van der Waals surface area contributed by atoms with Crippen LogP contribution in [-0.2, 0) is 55.7 Å². The summed E-state index contributed by atoms with van der Waals surface area (Å²) >= 11 is 0. The summed E-state index contributed by atoms with van der Waals surface area (Å²) in [6, 6.07) is 7.88. The first-order valence-electron chi connectivity index (χ1n) is 13.2. The number of hydrogen-bond acceptors (Lipinski definition) is 13. The molecule has 2 aromatic heterocycles. The molecule has 0 unspecified atom stereocenters. The summed E-state index contributed by atoms with van der Waals surface area (Å²) in [6.07, 6.45) is -1.88. The number of nitrogens with zero attached hydrogens (tertiary/aromatic N) is 6. The van der Waals surface area contributed by atoms with Gasteiger partial charge in [0, 0.05) is 27.7 Å². The average molecular weight is 585 g/mol. The molecule has 0 amide bonds. The summed E-state index contributed by atoms with van der Waals surface area (Å²) in [5.74, 6) is -2.75. The topological polar surface area (TPSA) is 176 Å². The van der Waals surface area contributed by atoms with Gasteiger partial charge in [-0.3, -0.25) is 19.2 Å². The smallest absolute Gasteiger partial charge is 0.303 e. The standard InChI is InChI=1S/C27H32N6O9/c1-15-6-9-21(10-7-15)33-22(12-28-30-33)11-8-20-13-32(31-29-20)27-26(41-19(5)37)25(40-18(4)36)24(39-17(3)35)23(42-27)14-38-16(2)34/h6-7,9-10,12-13,23-27H,8,11,14H2,1-5H3/t23-,24-,25+,26-,27-/m1/s1. The van der Waals surface area contributed by atoms with Crippen molar-refractivity contribution in [3.63, 3.8) is 0 Å². The number of aromatic nitrogens is 6. The highest BCUT2D eigenvalue weighted by Gasteiger charge is 2.53. The van der Waals surface area contributed by atoms with Gasteiger partial charge in [0.15, 0.2) is 24.5 Å². The van der Waals surface area contributed by atoms with Crippen LogP contribution in [0.25, 0.3) is 5.69 Å². The van der Waals surface area contributed by atoms with E-state index in [-0.39, 0.29) is 6.61 Å². The van der Waals surface area contributed by atoms with Gasteiger partial charge in [0.05, 0.1) is 29.5 Å². The lowest BCUT2D eigenvalue weighted by Crippen LogP contribution is -2.60. The van der Waals surface area contributed by atoms with E-state index in [0.717, 1.165) is 30.8 Å². The molecule has 1 fully saturated rings. The van der Waals surface area contributed by atoms with Gasteiger partial charge in [-0.05, 0) is 31.9 Å². The molecule has 1 aliphatic rings. The average Bonchev–Trinajstić information content (AvgIpc) is 3.58. The zero-order chi connectivity index (χ0) is 30.4. The molecule has 15 nitrogen and oxygen atoms in total. The van der Waals surface area contributed by atoms with E-state index in [9.17, 15) is 19.2 Å². The van der Waals surface area contributed by atoms with Gasteiger partial charge in [-0.15, -0.1) is 10.2 Å². The number of carbonyl (C=O) groups excluding carboxylic acids is 4. The minimum atomic E-state index is -1.31. The van der Waals surface area contributed by atoms with Crippen LogP contribution in [0, 0.1) is 6.92 Å². The highest BCUT2D eigenvalue weighted by molar-refractivity contribution is 5.68. The molecule has 0 spiro atoms. The van der Waals surface area contributed by atoms with Crippen molar-refractivity contribution in [2.75, 3.05) is 6.61 Å². The van der Waals surface area contributed by atoms with Crippen LogP contribution in [0.1, 0.15) is 50.9 Å². The van der Waals surface area contributed by atoms with Crippen molar-refractivity contribution in [3.8, 4) is 5.69 Å². The predicted molar refractivity (Wildman–Crippen MR) is 141 cm³/mol. The zero-order valence-electron chi connectivity index (χ0n) is 23.8. The molecule has 15 heteroatoms. The van der Waals surface area contributed by atoms with E-state index in [0.29, 0.717) is 18.5 Å². The first-order chi connectivity index (χ1) is 20.0. The van der Waals surface area contributed by atoms with Crippen molar-refractivity contribution in [1.29, 1.82) is 0 Å². The molecule has 0 aliphatic carbocycles. The SMILES string of the molecule is CC(=O)OC[C@H]1O[C@@H](n2cc(CCc3cnnn3-c3ccc(C)cc3)nn2)[C@H](OC(C)=O)[C@@H](OC(C)=O)[C@@H]1OC(C)=O. The van der Waals surface area contributed by atoms with Crippen LogP contribution in [0.15, 0.2) is 36.7 Å². The van der Waals surface area contributed by atoms with Gasteiger partial charge in [0.1, 0.15) is 12.7 Å². The minimum Gasteiger partial charge on any atom is -0.463 e. The van der Waals surface area contributed by atoms with Crippen LogP contribution >= 0.6 is 0 Å². The summed E-state index contributed by atoms with van der Waals surface area (Å²) in [5.41, 5.74) is 3.41. The molecule has 4 rings (SSSR count). The fourth-order valence-electron chi connectivity index (χ4n) is 4.56. The van der Waals surface area contributed by atoms with Crippen LogP contribution in [-0.4, -0.2) is 84.9 Å². The van der Waals surface area contributed by atoms with E-state index < -0.39 is 54.5 Å². The number of ether oxygens (including phenoxy) is 5. The second-order valence-corrected chi connectivity index (χ2v) is 9.75. The Morgan fingerprint density at radius 2 is 1.48 bits per heavy atom. The number of carbonyl (C=O) groups is 4. The fourth-order valence-corrected chi connectivity index (χ4v) is 4.56. The first kappa shape index (κ1) is 30.3. The second-order valence-electron chi connectivity index (χ2n) is 9.75. The third-order valence-corrected chi connectivity index (χ3v) is 6.32. The zero-order valence-corrected chi connectivity index (χ0v) is 23.8. The molecule has 0 saturated carbocycles. The fraction of sp³-hybridized carbons (Fsp3) is 0.481. The molecule has 0 bridgehead atoms. The van der Waals surface area contributed by atoms with E-state index in [1.807, 2.05) is 31.2 Å². The highest BCUT2D eigenvalue weighted by Crippen LogP contribution is 2.34. The highest BCUT2D eigenvalue weighted by atomic mass is 16.7. The Hall–Kier alpha value is -4.66. The monoisotopic (exact) mass is 584 g/mol. The molecule has 224 valence electrons. The van der Waals surface area contributed by atoms with E-state index in [1.54, 1.807) is 17.1 Å². The Labute approximate surface area is 241 Å². The summed E-state index contributed by atoms with van der Waals surface area (Å²) in [6.45, 7) is 6.35. The molecular weight excluding hydrogens is 552 g/mol. The van der Waals surface area contributed by atoms with Crippen molar-refractivity contribution < 1.29 is 42.9 Å². The van der Waals surface area contributed by atoms with E-state index in [2.05, 4.69) is 20.6 Å². The van der Waals surface area contributed by atoms with Crippen molar-refractivity contribution >= 4 is 23.9 Å². The lowest BCUT2D eigenvalue weighted by Gasteiger charge is -2.44. The molecule has 42 heavy (non-hydrogen) atoms. The van der Waals surface area contributed by atoms with Gasteiger partial charge < -0.3 is 23.7 Å². The van der Waals surface area contributed by atoms with Crippen LogP contribution in [0.5, 0.6) is 0 Å². The number of hydrogen-bond donors (Lipinski definition) is 0. The lowest BCUT2D eigenvalue weighted by molar-refractivity contribution is -0.270. The molecule has 5 atom stereocenters. The maximum absolute atomic E-state index is 12.1. The largest absolute Gasteiger partial charge is 0.463 e. The van der Waals surface area contributed by atoms with E-state index in [1.165, 1.54) is 18.5 Å². The molecule has 0 N–H and O–H groups in total. The lowest BCUT2D eigenvalue weighted by atomic mass is 9.97. The minimum absolute atomic E-state index is 0.341. The Kier molecular flexibility index (Phi) is 9.62. The number of esters is 4. The molecule has 3 aromatic rings.